The fraction of sp³-hybridized carbons (Fsp3) is 0.0476. The number of fused-ring (bicyclic) bond motifs is 8. The number of nitrogens with zero attached hydrogens (tertiary/aromatic N) is 5. The van der Waals surface area contributed by atoms with Crippen LogP contribution in [0.25, 0.3) is 89.0 Å². The van der Waals surface area contributed by atoms with Crippen LogP contribution in [-0.4, -0.2) is 24.3 Å². The molecule has 9 aromatic rings. The third kappa shape index (κ3) is 4.19. The molecule has 0 aliphatic heterocycles. The summed E-state index contributed by atoms with van der Waals surface area (Å²) < 4.78 is 8.49. The molecule has 0 saturated carbocycles. The van der Waals surface area contributed by atoms with Crippen LogP contribution in [0.5, 0.6) is 0 Å². The van der Waals surface area contributed by atoms with E-state index in [0.29, 0.717) is 17.5 Å². The summed E-state index contributed by atoms with van der Waals surface area (Å²) in [5.74, 6) is 1.89. The van der Waals surface area contributed by atoms with Crippen molar-refractivity contribution in [2.45, 2.75) is 12.8 Å². The highest BCUT2D eigenvalue weighted by molar-refractivity contribution is 6.11. The molecule has 6 heteroatoms. The highest BCUT2D eigenvalue weighted by Gasteiger charge is 2.19. The molecule has 0 atom stereocenters. The second-order valence-electron chi connectivity index (χ2n) is 12.2. The topological polar surface area (TPSA) is 69.1 Å². The first-order chi connectivity index (χ1) is 23.8. The van der Waals surface area contributed by atoms with Crippen molar-refractivity contribution in [3.05, 3.63) is 145 Å². The predicted molar refractivity (Wildman–Crippen MR) is 194 cm³/mol. The van der Waals surface area contributed by atoms with Gasteiger partial charge in [0.25, 0.3) is 0 Å². The van der Waals surface area contributed by atoms with E-state index in [1.807, 2.05) is 36.4 Å². The second-order valence-corrected chi connectivity index (χ2v) is 12.2. The Bertz CT molecular complexity index is 2800. The first-order valence-corrected chi connectivity index (χ1v) is 16.2. The molecule has 0 fully saturated rings. The number of allylic oxidation sites excluding steroid dienone is 4. The van der Waals surface area contributed by atoms with E-state index in [1.165, 1.54) is 0 Å². The molecule has 0 bridgehead atoms. The van der Waals surface area contributed by atoms with Crippen LogP contribution in [0, 0.1) is 0 Å². The lowest BCUT2D eigenvalue weighted by Crippen LogP contribution is -2.03. The van der Waals surface area contributed by atoms with Crippen molar-refractivity contribution in [2.24, 2.45) is 0 Å². The van der Waals surface area contributed by atoms with E-state index in [9.17, 15) is 0 Å². The van der Waals surface area contributed by atoms with E-state index in [4.69, 9.17) is 24.4 Å². The largest absolute Gasteiger partial charge is 0.456 e. The van der Waals surface area contributed by atoms with Crippen molar-refractivity contribution in [2.75, 3.05) is 0 Å². The zero-order chi connectivity index (χ0) is 31.6. The van der Waals surface area contributed by atoms with Gasteiger partial charge in [0.05, 0.1) is 16.6 Å². The van der Waals surface area contributed by atoms with Crippen molar-refractivity contribution >= 4 is 55.1 Å². The molecule has 1 aliphatic rings. The SMILES string of the molecule is C1=CC(c2nc(-c3cccc(-c4cc5ccccc5n5c4nc4ccccc45)c3)nc(-c3cccc4oc5ccccc5c34)n2)=CCC1. The Balaban J connectivity index is 1.20. The second kappa shape index (κ2) is 10.6. The molecule has 0 N–H and O–H groups in total. The minimum atomic E-state index is 0.616. The molecule has 6 nitrogen and oxygen atoms in total. The van der Waals surface area contributed by atoms with Crippen molar-refractivity contribution in [3.8, 4) is 33.9 Å². The lowest BCUT2D eigenvalue weighted by molar-refractivity contribution is 0.669. The van der Waals surface area contributed by atoms with Gasteiger partial charge >= 0.3 is 0 Å². The van der Waals surface area contributed by atoms with Crippen LogP contribution in [0.15, 0.2) is 144 Å². The number of para-hydroxylation sites is 4. The number of hydrogen-bond donors (Lipinski definition) is 0. The average molecular weight is 618 g/mol. The lowest BCUT2D eigenvalue weighted by Gasteiger charge is -2.12. The Labute approximate surface area is 275 Å². The fourth-order valence-electron chi connectivity index (χ4n) is 7.02. The molecule has 10 rings (SSSR count). The summed E-state index contributed by atoms with van der Waals surface area (Å²) in [5, 5.41) is 3.19. The van der Waals surface area contributed by atoms with Gasteiger partial charge in [0.1, 0.15) is 16.8 Å². The summed E-state index contributed by atoms with van der Waals surface area (Å²) in [6, 6.07) is 41.7. The van der Waals surface area contributed by atoms with Gasteiger partial charge in [-0.25, -0.2) is 19.9 Å². The minimum Gasteiger partial charge on any atom is -0.456 e. The molecule has 0 radical (unpaired) electrons. The van der Waals surface area contributed by atoms with E-state index >= 15 is 0 Å². The molecule has 0 unspecified atom stereocenters. The molecule has 4 aromatic heterocycles. The zero-order valence-electron chi connectivity index (χ0n) is 25.8. The minimum absolute atomic E-state index is 0.616. The Morgan fingerprint density at radius 2 is 1.33 bits per heavy atom. The Kier molecular flexibility index (Phi) is 5.90. The van der Waals surface area contributed by atoms with Gasteiger partial charge in [0.2, 0.25) is 0 Å². The molecule has 5 aromatic carbocycles. The van der Waals surface area contributed by atoms with Crippen LogP contribution in [0.4, 0.5) is 0 Å². The van der Waals surface area contributed by atoms with Gasteiger partial charge < -0.3 is 4.42 Å². The maximum absolute atomic E-state index is 6.23. The van der Waals surface area contributed by atoms with Crippen LogP contribution in [0.1, 0.15) is 18.7 Å². The first-order valence-electron chi connectivity index (χ1n) is 16.2. The smallest absolute Gasteiger partial charge is 0.164 e. The standard InChI is InChI=1S/C42H27N5O/c1-2-12-26(13-3-1)39-44-40(46-41(45-39)31-18-11-23-37-38(31)30-17-5-9-22-36(30)48-37)29-16-10-15-27(24-29)32-25-28-14-4-7-20-34(28)47-35-21-8-6-19-33(35)43-42(32)47/h2,4-25H,1,3H2. The van der Waals surface area contributed by atoms with Crippen LogP contribution in [-0.2, 0) is 0 Å². The number of aromatic nitrogens is 5. The number of rotatable bonds is 4. The van der Waals surface area contributed by atoms with Crippen molar-refractivity contribution in [1.82, 2.24) is 24.3 Å². The summed E-state index contributed by atoms with van der Waals surface area (Å²) in [6.07, 6.45) is 8.48. The van der Waals surface area contributed by atoms with E-state index in [1.54, 1.807) is 0 Å². The lowest BCUT2D eigenvalue weighted by atomic mass is 10.0. The molecule has 4 heterocycles. The number of pyridine rings is 1. The third-order valence-electron chi connectivity index (χ3n) is 9.24. The van der Waals surface area contributed by atoms with Gasteiger partial charge in [0.15, 0.2) is 17.5 Å². The molecular weight excluding hydrogens is 590 g/mol. The Morgan fingerprint density at radius 1 is 0.562 bits per heavy atom. The zero-order valence-corrected chi connectivity index (χ0v) is 25.8. The van der Waals surface area contributed by atoms with Crippen molar-refractivity contribution in [1.29, 1.82) is 0 Å². The Hall–Kier alpha value is -6.40. The molecule has 226 valence electrons. The molecule has 0 amide bonds. The van der Waals surface area contributed by atoms with Gasteiger partial charge in [0, 0.05) is 33.0 Å². The van der Waals surface area contributed by atoms with Gasteiger partial charge in [-0.2, -0.15) is 0 Å². The summed E-state index contributed by atoms with van der Waals surface area (Å²) >= 11 is 0. The van der Waals surface area contributed by atoms with E-state index in [-0.39, 0.29) is 0 Å². The number of benzene rings is 5. The quantitative estimate of drug-likeness (QED) is 0.197. The highest BCUT2D eigenvalue weighted by atomic mass is 16.3. The number of furan rings is 1. The predicted octanol–water partition coefficient (Wildman–Crippen LogP) is 10.5. The summed E-state index contributed by atoms with van der Waals surface area (Å²) in [6.45, 7) is 0. The monoisotopic (exact) mass is 617 g/mol. The number of imidazole rings is 1. The summed E-state index contributed by atoms with van der Waals surface area (Å²) in [5.41, 5.74) is 10.7. The molecule has 0 spiro atoms. The van der Waals surface area contributed by atoms with Gasteiger partial charge in [-0.15, -0.1) is 0 Å². The van der Waals surface area contributed by atoms with Gasteiger partial charge in [-0.1, -0.05) is 97.1 Å². The summed E-state index contributed by atoms with van der Waals surface area (Å²) in [7, 11) is 0. The van der Waals surface area contributed by atoms with Gasteiger partial charge in [-0.05, 0) is 66.3 Å². The fourth-order valence-corrected chi connectivity index (χ4v) is 7.02. The summed E-state index contributed by atoms with van der Waals surface area (Å²) in [4.78, 5) is 20.4. The molecular formula is C42H27N5O. The van der Waals surface area contributed by atoms with E-state index in [0.717, 1.165) is 90.2 Å². The molecule has 48 heavy (non-hydrogen) atoms. The highest BCUT2D eigenvalue weighted by Crippen LogP contribution is 2.37. The van der Waals surface area contributed by atoms with Crippen LogP contribution in [0.3, 0.4) is 0 Å². The van der Waals surface area contributed by atoms with Crippen LogP contribution in [0.2, 0.25) is 0 Å². The van der Waals surface area contributed by atoms with Crippen LogP contribution < -0.4 is 0 Å². The average Bonchev–Trinajstić information content (AvgIpc) is 3.74. The van der Waals surface area contributed by atoms with E-state index < -0.39 is 0 Å². The van der Waals surface area contributed by atoms with Crippen LogP contribution >= 0.6 is 0 Å². The Morgan fingerprint density at radius 3 is 2.27 bits per heavy atom. The first kappa shape index (κ1) is 26.8. The van der Waals surface area contributed by atoms with Crippen molar-refractivity contribution in [3.63, 3.8) is 0 Å². The molecule has 0 saturated heterocycles. The maximum atomic E-state index is 6.23. The van der Waals surface area contributed by atoms with E-state index in [2.05, 4.69) is 108 Å². The normalized spacial score (nSPS) is 13.3. The van der Waals surface area contributed by atoms with Crippen molar-refractivity contribution < 1.29 is 4.42 Å². The van der Waals surface area contributed by atoms with Gasteiger partial charge in [-0.3, -0.25) is 4.40 Å². The molecule has 1 aliphatic carbocycles. The maximum Gasteiger partial charge on any atom is 0.164 e. The number of hydrogen-bond acceptors (Lipinski definition) is 5. The third-order valence-corrected chi connectivity index (χ3v) is 9.24.